The van der Waals surface area contributed by atoms with E-state index in [1.54, 1.807) is 36.4 Å². The molecule has 0 unspecified atom stereocenters. The summed E-state index contributed by atoms with van der Waals surface area (Å²) in [4.78, 5) is 37.1. The second-order valence-electron chi connectivity index (χ2n) is 5.85. The number of carbonyl (C=O) groups excluding carboxylic acids is 3. The summed E-state index contributed by atoms with van der Waals surface area (Å²) in [6, 6.07) is 15.3. The highest BCUT2D eigenvalue weighted by molar-refractivity contribution is 7.17. The molecule has 8 heteroatoms. The van der Waals surface area contributed by atoms with Crippen LogP contribution in [0.2, 0.25) is 0 Å². The van der Waals surface area contributed by atoms with Crippen LogP contribution in [-0.4, -0.2) is 31.5 Å². The highest BCUT2D eigenvalue weighted by Crippen LogP contribution is 2.28. The number of carbonyl (C=O) groups is 3. The second kappa shape index (κ2) is 9.11. The van der Waals surface area contributed by atoms with E-state index in [-0.39, 0.29) is 11.4 Å². The van der Waals surface area contributed by atoms with Crippen LogP contribution in [0.1, 0.15) is 20.0 Å². The van der Waals surface area contributed by atoms with E-state index < -0.39 is 24.4 Å². The maximum atomic E-state index is 13.0. The van der Waals surface area contributed by atoms with Gasteiger partial charge in [-0.05, 0) is 54.1 Å². The molecule has 1 N–H and O–H groups in total. The Morgan fingerprint density at radius 1 is 0.966 bits per heavy atom. The number of halogens is 1. The van der Waals surface area contributed by atoms with Crippen molar-refractivity contribution in [3.63, 3.8) is 0 Å². The van der Waals surface area contributed by atoms with Gasteiger partial charge in [-0.25, -0.2) is 9.18 Å². The molecule has 29 heavy (non-hydrogen) atoms. The van der Waals surface area contributed by atoms with Crippen LogP contribution >= 0.6 is 11.3 Å². The van der Waals surface area contributed by atoms with E-state index in [9.17, 15) is 18.8 Å². The van der Waals surface area contributed by atoms with Gasteiger partial charge < -0.3 is 9.47 Å². The predicted octanol–water partition coefficient (Wildman–Crippen LogP) is 3.68. The molecule has 0 aliphatic rings. The number of benzene rings is 2. The molecule has 0 aliphatic carbocycles. The number of ether oxygens (including phenoxy) is 2. The van der Waals surface area contributed by atoms with Gasteiger partial charge >= 0.3 is 5.97 Å². The molecular weight excluding hydrogens is 397 g/mol. The third-order valence-corrected chi connectivity index (χ3v) is 4.99. The van der Waals surface area contributed by atoms with Gasteiger partial charge in [0.25, 0.3) is 11.8 Å². The van der Waals surface area contributed by atoms with Crippen molar-refractivity contribution in [2.75, 3.05) is 13.7 Å². The van der Waals surface area contributed by atoms with E-state index >= 15 is 0 Å². The first-order valence-electron chi connectivity index (χ1n) is 8.47. The molecule has 3 aromatic rings. The van der Waals surface area contributed by atoms with Crippen molar-refractivity contribution >= 4 is 29.1 Å². The van der Waals surface area contributed by atoms with Crippen molar-refractivity contribution in [3.05, 3.63) is 76.9 Å². The molecule has 3 rings (SSSR count). The zero-order chi connectivity index (χ0) is 20.8. The van der Waals surface area contributed by atoms with Gasteiger partial charge in [-0.2, -0.15) is 0 Å². The van der Waals surface area contributed by atoms with Gasteiger partial charge in [-0.15, -0.1) is 11.3 Å². The highest BCUT2D eigenvalue weighted by Gasteiger charge is 2.16. The summed E-state index contributed by atoms with van der Waals surface area (Å²) in [5, 5.41) is 2.15. The van der Waals surface area contributed by atoms with Gasteiger partial charge in [0.2, 0.25) is 0 Å². The Labute approximate surface area is 169 Å². The molecular formula is C21H16FNO5S. The number of rotatable bonds is 6. The highest BCUT2D eigenvalue weighted by atomic mass is 32.1. The topological polar surface area (TPSA) is 81.7 Å². The number of hydrogen-bond donors (Lipinski definition) is 1. The van der Waals surface area contributed by atoms with Crippen molar-refractivity contribution in [1.29, 1.82) is 0 Å². The molecule has 2 amide bonds. The minimum absolute atomic E-state index is 0.271. The molecule has 148 valence electrons. The maximum Gasteiger partial charge on any atom is 0.348 e. The fraction of sp³-hybridized carbons (Fsp3) is 0.0952. The summed E-state index contributed by atoms with van der Waals surface area (Å²) in [6.45, 7) is -0.593. The maximum absolute atomic E-state index is 13.0. The zero-order valence-corrected chi connectivity index (χ0v) is 16.1. The molecule has 0 fully saturated rings. The first kappa shape index (κ1) is 20.2. The van der Waals surface area contributed by atoms with Crippen LogP contribution in [0.5, 0.6) is 5.75 Å². The van der Waals surface area contributed by atoms with Gasteiger partial charge in [0.05, 0.1) is 7.11 Å². The molecule has 0 aliphatic heterocycles. The fourth-order valence-electron chi connectivity index (χ4n) is 2.40. The van der Waals surface area contributed by atoms with Gasteiger partial charge in [-0.1, -0.05) is 12.1 Å². The number of amides is 2. The largest absolute Gasteiger partial charge is 0.497 e. The number of nitrogens with one attached hydrogen (secondary N) is 1. The van der Waals surface area contributed by atoms with E-state index in [2.05, 4.69) is 5.32 Å². The minimum Gasteiger partial charge on any atom is -0.497 e. The number of methoxy groups -OCH3 is 1. The monoisotopic (exact) mass is 413 g/mol. The third-order valence-electron chi connectivity index (χ3n) is 3.88. The SMILES string of the molecule is COc1ccc(C(=O)NC(=O)COC(=O)c2ccc(-c3ccc(F)cc3)s2)cc1. The van der Waals surface area contributed by atoms with Crippen LogP contribution in [0.25, 0.3) is 10.4 Å². The smallest absolute Gasteiger partial charge is 0.348 e. The van der Waals surface area contributed by atoms with Gasteiger partial charge in [0, 0.05) is 10.4 Å². The van der Waals surface area contributed by atoms with Crippen molar-refractivity contribution in [2.45, 2.75) is 0 Å². The van der Waals surface area contributed by atoms with E-state index in [0.29, 0.717) is 10.6 Å². The Morgan fingerprint density at radius 2 is 1.66 bits per heavy atom. The van der Waals surface area contributed by atoms with Crippen LogP contribution in [0.4, 0.5) is 4.39 Å². The molecule has 0 bridgehead atoms. The van der Waals surface area contributed by atoms with E-state index in [4.69, 9.17) is 9.47 Å². The van der Waals surface area contributed by atoms with E-state index in [1.807, 2.05) is 0 Å². The van der Waals surface area contributed by atoms with Crippen molar-refractivity contribution in [1.82, 2.24) is 5.32 Å². The zero-order valence-electron chi connectivity index (χ0n) is 15.3. The summed E-state index contributed by atoms with van der Waals surface area (Å²) in [5.41, 5.74) is 1.03. The molecule has 0 saturated heterocycles. The molecule has 0 radical (unpaired) electrons. The lowest BCUT2D eigenvalue weighted by molar-refractivity contribution is -0.123. The number of esters is 1. The standard InChI is InChI=1S/C21H16FNO5S/c1-27-16-8-4-14(5-9-16)20(25)23-19(24)12-28-21(26)18-11-10-17(29-18)13-2-6-15(22)7-3-13/h2-11H,12H2,1H3,(H,23,24,25). The molecule has 6 nitrogen and oxygen atoms in total. The Kier molecular flexibility index (Phi) is 6.36. The summed E-state index contributed by atoms with van der Waals surface area (Å²) in [5.74, 6) is -1.80. The summed E-state index contributed by atoms with van der Waals surface area (Å²) in [7, 11) is 1.50. The average Bonchev–Trinajstić information content (AvgIpc) is 3.23. The quantitative estimate of drug-likeness (QED) is 0.624. The lowest BCUT2D eigenvalue weighted by atomic mass is 10.2. The Morgan fingerprint density at radius 3 is 2.31 bits per heavy atom. The summed E-state index contributed by atoms with van der Waals surface area (Å²) >= 11 is 1.16. The fourth-order valence-corrected chi connectivity index (χ4v) is 3.30. The molecule has 2 aromatic carbocycles. The number of hydrogen-bond acceptors (Lipinski definition) is 6. The van der Waals surface area contributed by atoms with Gasteiger partial charge in [0.15, 0.2) is 6.61 Å². The molecule has 0 saturated carbocycles. The Bertz CT molecular complexity index is 1030. The van der Waals surface area contributed by atoms with E-state index in [1.165, 1.54) is 31.4 Å². The first-order chi connectivity index (χ1) is 14.0. The van der Waals surface area contributed by atoms with Gasteiger partial charge in [-0.3, -0.25) is 14.9 Å². The Balaban J connectivity index is 1.52. The van der Waals surface area contributed by atoms with E-state index in [0.717, 1.165) is 21.8 Å². The summed E-state index contributed by atoms with van der Waals surface area (Å²) in [6.07, 6.45) is 0. The molecule has 0 atom stereocenters. The number of thiophene rings is 1. The van der Waals surface area contributed by atoms with Crippen LogP contribution in [0.3, 0.4) is 0 Å². The van der Waals surface area contributed by atoms with Crippen molar-refractivity contribution in [3.8, 4) is 16.2 Å². The normalized spacial score (nSPS) is 10.3. The van der Waals surface area contributed by atoms with Crippen molar-refractivity contribution in [2.24, 2.45) is 0 Å². The lowest BCUT2D eigenvalue weighted by Gasteiger charge is -2.06. The number of imide groups is 1. The third kappa shape index (κ3) is 5.26. The van der Waals surface area contributed by atoms with Crippen LogP contribution in [0.15, 0.2) is 60.7 Å². The molecule has 0 spiro atoms. The van der Waals surface area contributed by atoms with Crippen molar-refractivity contribution < 1.29 is 28.2 Å². The Hall–Kier alpha value is -3.52. The lowest BCUT2D eigenvalue weighted by Crippen LogP contribution is -2.34. The first-order valence-corrected chi connectivity index (χ1v) is 9.29. The van der Waals surface area contributed by atoms with Gasteiger partial charge in [0.1, 0.15) is 16.4 Å². The predicted molar refractivity (Wildman–Crippen MR) is 105 cm³/mol. The van der Waals surface area contributed by atoms with Crippen LogP contribution in [-0.2, 0) is 9.53 Å². The van der Waals surface area contributed by atoms with Crippen LogP contribution < -0.4 is 10.1 Å². The molecule has 1 heterocycles. The summed E-state index contributed by atoms with van der Waals surface area (Å²) < 4.78 is 23.0. The second-order valence-corrected chi connectivity index (χ2v) is 6.94. The minimum atomic E-state index is -0.741. The van der Waals surface area contributed by atoms with Crippen LogP contribution in [0, 0.1) is 5.82 Å². The average molecular weight is 413 g/mol. The molecule has 1 aromatic heterocycles.